The molecule has 0 aromatic heterocycles. The van der Waals surface area contributed by atoms with E-state index in [9.17, 15) is 10.1 Å². The number of nitriles is 1. The molecule has 1 aliphatic carbocycles. The summed E-state index contributed by atoms with van der Waals surface area (Å²) in [7, 11) is 2.05. The Morgan fingerprint density at radius 3 is 2.71 bits per heavy atom. The fraction of sp³-hybridized carbons (Fsp3) is 0.529. The van der Waals surface area contributed by atoms with Crippen LogP contribution in [0.4, 0.5) is 0 Å². The predicted molar refractivity (Wildman–Crippen MR) is 81.0 cm³/mol. The molecule has 0 atom stereocenters. The highest BCUT2D eigenvalue weighted by atomic mass is 16.1. The summed E-state index contributed by atoms with van der Waals surface area (Å²) in [5, 5.41) is 12.5. The number of amides is 1. The van der Waals surface area contributed by atoms with Crippen molar-refractivity contribution in [3.63, 3.8) is 0 Å². The molecule has 1 aromatic rings. The van der Waals surface area contributed by atoms with Gasteiger partial charge < -0.3 is 10.2 Å². The van der Waals surface area contributed by atoms with Gasteiger partial charge in [-0.15, -0.1) is 0 Å². The van der Waals surface area contributed by atoms with E-state index in [0.29, 0.717) is 18.4 Å². The molecule has 0 unspecified atom stereocenters. The lowest BCUT2D eigenvalue weighted by molar-refractivity contribution is 0.0882. The third kappa shape index (κ3) is 2.79. The zero-order valence-electron chi connectivity index (χ0n) is 12.5. The quantitative estimate of drug-likeness (QED) is 0.902. The van der Waals surface area contributed by atoms with Crippen LogP contribution in [-0.4, -0.2) is 36.5 Å². The van der Waals surface area contributed by atoms with Crippen molar-refractivity contribution in [2.75, 3.05) is 20.1 Å². The summed E-state index contributed by atoms with van der Waals surface area (Å²) in [4.78, 5) is 14.7. The van der Waals surface area contributed by atoms with Gasteiger partial charge in [0, 0.05) is 18.7 Å². The van der Waals surface area contributed by atoms with Crippen LogP contribution < -0.4 is 5.32 Å². The van der Waals surface area contributed by atoms with E-state index in [1.54, 1.807) is 0 Å². The Morgan fingerprint density at radius 1 is 1.29 bits per heavy atom. The number of carbonyl (C=O) groups excluding carboxylic acids is 1. The SMILES string of the molecule is CN1CCC(C#N)(NC(=O)c2ccc3c(c2)CCC3)CC1. The van der Waals surface area contributed by atoms with E-state index < -0.39 is 5.54 Å². The van der Waals surface area contributed by atoms with Gasteiger partial charge in [0.2, 0.25) is 0 Å². The maximum absolute atomic E-state index is 12.5. The summed E-state index contributed by atoms with van der Waals surface area (Å²) in [6.45, 7) is 1.69. The molecule has 1 saturated heterocycles. The van der Waals surface area contributed by atoms with Crippen LogP contribution in [0.1, 0.15) is 40.7 Å². The van der Waals surface area contributed by atoms with E-state index in [0.717, 1.165) is 25.9 Å². The van der Waals surface area contributed by atoms with Gasteiger partial charge in [-0.2, -0.15) is 5.26 Å². The Balaban J connectivity index is 1.75. The van der Waals surface area contributed by atoms with Crippen molar-refractivity contribution in [2.24, 2.45) is 0 Å². The van der Waals surface area contributed by atoms with Crippen molar-refractivity contribution in [3.8, 4) is 6.07 Å². The molecule has 0 bridgehead atoms. The van der Waals surface area contributed by atoms with Crippen molar-refractivity contribution in [3.05, 3.63) is 34.9 Å². The van der Waals surface area contributed by atoms with Crippen LogP contribution in [0.25, 0.3) is 0 Å². The highest BCUT2D eigenvalue weighted by Gasteiger charge is 2.35. The second-order valence-corrected chi connectivity index (χ2v) is 6.29. The number of rotatable bonds is 2. The summed E-state index contributed by atoms with van der Waals surface area (Å²) in [6, 6.07) is 8.28. The molecule has 3 rings (SSSR count). The van der Waals surface area contributed by atoms with E-state index in [1.807, 2.05) is 19.2 Å². The number of nitrogens with one attached hydrogen (secondary N) is 1. The average molecular weight is 283 g/mol. The minimum Gasteiger partial charge on any atom is -0.334 e. The normalized spacial score (nSPS) is 20.6. The van der Waals surface area contributed by atoms with Crippen molar-refractivity contribution < 1.29 is 4.79 Å². The molecule has 2 aliphatic rings. The molecular weight excluding hydrogens is 262 g/mol. The maximum Gasteiger partial charge on any atom is 0.252 e. The number of piperidine rings is 1. The van der Waals surface area contributed by atoms with Gasteiger partial charge in [-0.3, -0.25) is 4.79 Å². The van der Waals surface area contributed by atoms with Gasteiger partial charge in [-0.05, 0) is 62.4 Å². The molecule has 0 saturated carbocycles. The zero-order valence-corrected chi connectivity index (χ0v) is 12.5. The average Bonchev–Trinajstić information content (AvgIpc) is 2.97. The first-order chi connectivity index (χ1) is 10.1. The second-order valence-electron chi connectivity index (χ2n) is 6.29. The number of fused-ring (bicyclic) bond motifs is 1. The Morgan fingerprint density at radius 2 is 2.00 bits per heavy atom. The molecule has 1 N–H and O–H groups in total. The Hall–Kier alpha value is -1.86. The molecule has 0 radical (unpaired) electrons. The minimum atomic E-state index is -0.706. The second kappa shape index (κ2) is 5.50. The first-order valence-electron chi connectivity index (χ1n) is 7.66. The molecule has 1 fully saturated rings. The van der Waals surface area contributed by atoms with Gasteiger partial charge in [-0.1, -0.05) is 6.07 Å². The number of likely N-dealkylation sites (tertiary alicyclic amines) is 1. The molecular formula is C17H21N3O. The minimum absolute atomic E-state index is 0.115. The van der Waals surface area contributed by atoms with Crippen molar-refractivity contribution in [1.29, 1.82) is 5.26 Å². The van der Waals surface area contributed by atoms with Gasteiger partial charge in [0.05, 0.1) is 6.07 Å². The standard InChI is InChI=1S/C17H21N3O/c1-20-9-7-17(12-18,8-10-20)19-16(21)15-6-5-13-3-2-4-14(13)11-15/h5-6,11H,2-4,7-10H2,1H3,(H,19,21). The molecule has 1 heterocycles. The molecule has 1 aliphatic heterocycles. The number of benzene rings is 1. The predicted octanol–water partition coefficient (Wildman–Crippen LogP) is 1.89. The summed E-state index contributed by atoms with van der Waals surface area (Å²) in [6.07, 6.45) is 4.73. The van der Waals surface area contributed by atoms with Gasteiger partial charge >= 0.3 is 0 Å². The number of hydrogen-bond donors (Lipinski definition) is 1. The lowest BCUT2D eigenvalue weighted by atomic mass is 9.88. The van der Waals surface area contributed by atoms with Gasteiger partial charge in [0.1, 0.15) is 5.54 Å². The third-order valence-electron chi connectivity index (χ3n) is 4.77. The number of nitrogens with zero attached hydrogens (tertiary/aromatic N) is 2. The third-order valence-corrected chi connectivity index (χ3v) is 4.77. The van der Waals surface area contributed by atoms with Crippen LogP contribution >= 0.6 is 0 Å². The summed E-state index contributed by atoms with van der Waals surface area (Å²) >= 11 is 0. The summed E-state index contributed by atoms with van der Waals surface area (Å²) in [5.41, 5.74) is 2.63. The Labute approximate surface area is 125 Å². The summed E-state index contributed by atoms with van der Waals surface area (Å²) < 4.78 is 0. The fourth-order valence-electron chi connectivity index (χ4n) is 3.27. The number of carbonyl (C=O) groups is 1. The largest absolute Gasteiger partial charge is 0.334 e. The van der Waals surface area contributed by atoms with E-state index >= 15 is 0 Å². The van der Waals surface area contributed by atoms with Gasteiger partial charge in [-0.25, -0.2) is 0 Å². The monoisotopic (exact) mass is 283 g/mol. The topological polar surface area (TPSA) is 56.1 Å². The van der Waals surface area contributed by atoms with Crippen LogP contribution in [-0.2, 0) is 12.8 Å². The van der Waals surface area contributed by atoms with E-state index in [1.165, 1.54) is 17.5 Å². The lowest BCUT2D eigenvalue weighted by Gasteiger charge is -2.36. The van der Waals surface area contributed by atoms with Crippen LogP contribution in [0, 0.1) is 11.3 Å². The molecule has 0 spiro atoms. The van der Waals surface area contributed by atoms with Crippen LogP contribution in [0.15, 0.2) is 18.2 Å². The van der Waals surface area contributed by atoms with Gasteiger partial charge in [0.15, 0.2) is 0 Å². The van der Waals surface area contributed by atoms with E-state index in [4.69, 9.17) is 0 Å². The first kappa shape index (κ1) is 14.1. The molecule has 4 heteroatoms. The molecule has 21 heavy (non-hydrogen) atoms. The Kier molecular flexibility index (Phi) is 3.69. The highest BCUT2D eigenvalue weighted by Crippen LogP contribution is 2.24. The number of aryl methyl sites for hydroxylation is 2. The molecule has 1 amide bonds. The maximum atomic E-state index is 12.5. The van der Waals surface area contributed by atoms with Crippen molar-refractivity contribution in [2.45, 2.75) is 37.6 Å². The zero-order chi connectivity index (χ0) is 14.9. The molecule has 110 valence electrons. The molecule has 4 nitrogen and oxygen atoms in total. The van der Waals surface area contributed by atoms with Crippen LogP contribution in [0.5, 0.6) is 0 Å². The first-order valence-corrected chi connectivity index (χ1v) is 7.66. The number of hydrogen-bond acceptors (Lipinski definition) is 3. The van der Waals surface area contributed by atoms with E-state index in [-0.39, 0.29) is 5.91 Å². The van der Waals surface area contributed by atoms with Gasteiger partial charge in [0.25, 0.3) is 5.91 Å². The fourth-order valence-corrected chi connectivity index (χ4v) is 3.27. The van der Waals surface area contributed by atoms with E-state index in [2.05, 4.69) is 22.4 Å². The van der Waals surface area contributed by atoms with Crippen LogP contribution in [0.3, 0.4) is 0 Å². The summed E-state index contributed by atoms with van der Waals surface area (Å²) in [5.74, 6) is -0.115. The smallest absolute Gasteiger partial charge is 0.252 e. The lowest BCUT2D eigenvalue weighted by Crippen LogP contribution is -2.53. The van der Waals surface area contributed by atoms with Crippen molar-refractivity contribution in [1.82, 2.24) is 10.2 Å². The Bertz CT molecular complexity index is 595. The van der Waals surface area contributed by atoms with Crippen molar-refractivity contribution >= 4 is 5.91 Å². The van der Waals surface area contributed by atoms with Crippen LogP contribution in [0.2, 0.25) is 0 Å². The molecule has 1 aromatic carbocycles. The highest BCUT2D eigenvalue weighted by molar-refractivity contribution is 5.95.